The van der Waals surface area contributed by atoms with Gasteiger partial charge in [-0.25, -0.2) is 4.79 Å². The van der Waals surface area contributed by atoms with Crippen molar-refractivity contribution in [3.63, 3.8) is 0 Å². The topological polar surface area (TPSA) is 108 Å². The number of carbonyl (C=O) groups is 3. The number of carbonyl (C=O) groups excluding carboxylic acids is 3. The second-order valence-electron chi connectivity index (χ2n) is 14.1. The Bertz CT molecular complexity index is 1220. The Labute approximate surface area is 258 Å². The van der Waals surface area contributed by atoms with Crippen molar-refractivity contribution in [1.82, 2.24) is 15.5 Å². The summed E-state index contributed by atoms with van der Waals surface area (Å²) in [5.41, 5.74) is 2.01. The first-order valence-electron chi connectivity index (χ1n) is 15.3. The van der Waals surface area contributed by atoms with Gasteiger partial charge >= 0.3 is 6.09 Å². The van der Waals surface area contributed by atoms with Crippen molar-refractivity contribution in [2.45, 2.75) is 125 Å². The monoisotopic (exact) mass is 595 g/mol. The number of aromatic hydroxyl groups is 1. The summed E-state index contributed by atoms with van der Waals surface area (Å²) < 4.78 is 5.55. The van der Waals surface area contributed by atoms with Crippen LogP contribution in [0.4, 0.5) is 4.79 Å². The zero-order valence-electron chi connectivity index (χ0n) is 28.0. The number of alkyl carbamates (subject to hydrolysis) is 1. The van der Waals surface area contributed by atoms with Gasteiger partial charge in [0.25, 0.3) is 0 Å². The number of hydrogen-bond donors (Lipinski definition) is 3. The quantitative estimate of drug-likeness (QED) is 0.266. The van der Waals surface area contributed by atoms with Crippen LogP contribution < -0.4 is 10.6 Å². The first kappa shape index (κ1) is 35.6. The minimum absolute atomic E-state index is 0.101. The van der Waals surface area contributed by atoms with Crippen LogP contribution in [0.25, 0.3) is 0 Å². The molecule has 3 amide bonds. The Morgan fingerprint density at radius 3 is 1.93 bits per heavy atom. The normalized spacial score (nSPS) is 14.0. The van der Waals surface area contributed by atoms with Gasteiger partial charge in [-0.1, -0.05) is 44.2 Å². The molecule has 0 saturated carbocycles. The fourth-order valence-corrected chi connectivity index (χ4v) is 5.10. The number of amides is 3. The summed E-state index contributed by atoms with van der Waals surface area (Å²) in [5, 5.41) is 15.8. The highest BCUT2D eigenvalue weighted by molar-refractivity contribution is 5.93. The van der Waals surface area contributed by atoms with E-state index >= 15 is 0 Å². The van der Waals surface area contributed by atoms with Crippen LogP contribution in [0.15, 0.2) is 42.5 Å². The molecule has 3 atom stereocenters. The first-order valence-corrected chi connectivity index (χ1v) is 15.3. The molecule has 0 aliphatic carbocycles. The molecule has 0 fully saturated rings. The smallest absolute Gasteiger partial charge is 0.408 e. The van der Waals surface area contributed by atoms with E-state index in [9.17, 15) is 19.5 Å². The van der Waals surface area contributed by atoms with E-state index in [1.54, 1.807) is 49.9 Å². The summed E-state index contributed by atoms with van der Waals surface area (Å²) in [7, 11) is 0. The summed E-state index contributed by atoms with van der Waals surface area (Å²) in [4.78, 5) is 43.8. The highest BCUT2D eigenvalue weighted by Gasteiger charge is 2.40. The van der Waals surface area contributed by atoms with Crippen LogP contribution in [0.5, 0.6) is 5.75 Å². The minimum Gasteiger partial charge on any atom is -0.508 e. The molecule has 0 bridgehead atoms. The molecule has 0 spiro atoms. The Kier molecular flexibility index (Phi) is 12.2. The summed E-state index contributed by atoms with van der Waals surface area (Å²) in [5.74, 6) is -0.166. The Balaban J connectivity index is 2.74. The van der Waals surface area contributed by atoms with Gasteiger partial charge < -0.3 is 25.4 Å². The molecule has 3 unspecified atom stereocenters. The van der Waals surface area contributed by atoms with E-state index in [-0.39, 0.29) is 30.0 Å². The number of ether oxygens (including phenoxy) is 1. The predicted octanol–water partition coefficient (Wildman–Crippen LogP) is 6.75. The lowest BCUT2D eigenvalue weighted by atomic mass is 9.90. The summed E-state index contributed by atoms with van der Waals surface area (Å²) in [6, 6.07) is 10.1. The van der Waals surface area contributed by atoms with E-state index in [0.29, 0.717) is 12.3 Å². The molecule has 0 aliphatic heterocycles. The van der Waals surface area contributed by atoms with Crippen LogP contribution in [-0.2, 0) is 20.7 Å². The van der Waals surface area contributed by atoms with Gasteiger partial charge in [0.2, 0.25) is 11.8 Å². The second-order valence-corrected chi connectivity index (χ2v) is 14.1. The molecule has 0 heterocycles. The van der Waals surface area contributed by atoms with Crippen molar-refractivity contribution in [3.05, 3.63) is 64.7 Å². The second kappa shape index (κ2) is 14.8. The molecule has 0 aromatic heterocycles. The van der Waals surface area contributed by atoms with Crippen LogP contribution in [0, 0.1) is 19.8 Å². The highest BCUT2D eigenvalue weighted by Crippen LogP contribution is 2.32. The van der Waals surface area contributed by atoms with Crippen LogP contribution in [0.1, 0.15) is 103 Å². The fourth-order valence-electron chi connectivity index (χ4n) is 5.10. The van der Waals surface area contributed by atoms with E-state index in [4.69, 9.17) is 4.74 Å². The average Bonchev–Trinajstić information content (AvgIpc) is 2.85. The van der Waals surface area contributed by atoms with Gasteiger partial charge in [-0.05, 0) is 115 Å². The number of phenolic OH excluding ortho intramolecular Hbond substituents is 1. The van der Waals surface area contributed by atoms with E-state index in [1.807, 2.05) is 59.7 Å². The van der Waals surface area contributed by atoms with Crippen molar-refractivity contribution < 1.29 is 24.2 Å². The van der Waals surface area contributed by atoms with E-state index in [0.717, 1.165) is 28.7 Å². The predicted molar refractivity (Wildman–Crippen MR) is 172 cm³/mol. The minimum atomic E-state index is -1.03. The molecule has 0 aliphatic rings. The molecule has 2 aromatic rings. The van der Waals surface area contributed by atoms with Crippen molar-refractivity contribution in [3.8, 4) is 5.75 Å². The maximum Gasteiger partial charge on any atom is 0.408 e. The molecule has 0 radical (unpaired) electrons. The molecule has 8 nitrogen and oxygen atoms in total. The van der Waals surface area contributed by atoms with Gasteiger partial charge in [0.1, 0.15) is 23.4 Å². The summed E-state index contributed by atoms with van der Waals surface area (Å²) in [6.45, 7) is 21.2. The van der Waals surface area contributed by atoms with Crippen LogP contribution >= 0.6 is 0 Å². The molecule has 238 valence electrons. The van der Waals surface area contributed by atoms with Gasteiger partial charge in [-0.15, -0.1) is 0 Å². The first-order chi connectivity index (χ1) is 19.8. The SMILES string of the molecule is Cc1cccc(C)c1C(C(=O)NC(C)(C)C)N(C(=O)C(Cc1ccc(O)cc1)NC(=O)OC(C)(C)C)C(C)CCC(C)C. The lowest BCUT2D eigenvalue weighted by Gasteiger charge is -2.40. The molecule has 2 rings (SSSR count). The molecule has 8 heteroatoms. The molecule has 2 aromatic carbocycles. The van der Waals surface area contributed by atoms with Crippen molar-refractivity contribution >= 4 is 17.9 Å². The molecule has 0 saturated heterocycles. The lowest BCUT2D eigenvalue weighted by molar-refractivity contribution is -0.145. The molecular formula is C35H53N3O5. The number of rotatable bonds is 11. The number of aryl methyl sites for hydroxylation is 2. The molecular weight excluding hydrogens is 542 g/mol. The number of phenols is 1. The van der Waals surface area contributed by atoms with E-state index in [1.165, 1.54) is 0 Å². The average molecular weight is 596 g/mol. The van der Waals surface area contributed by atoms with Crippen LogP contribution in [0.3, 0.4) is 0 Å². The van der Waals surface area contributed by atoms with Crippen molar-refractivity contribution in [2.75, 3.05) is 0 Å². The standard InChI is InChI=1S/C35H53N3O5/c1-22(2)15-16-25(5)38(30(31(40)37-34(6,7)8)29-23(3)13-12-14-24(29)4)32(41)28(36-33(42)43-35(9,10)11)21-26-17-19-27(39)20-18-26/h12-14,17-20,22,25,28,30,39H,15-16,21H2,1-11H3,(H,36,42)(H,37,40). The van der Waals surface area contributed by atoms with Gasteiger partial charge in [-0.2, -0.15) is 0 Å². The van der Waals surface area contributed by atoms with Gasteiger partial charge in [0, 0.05) is 18.0 Å². The number of nitrogens with one attached hydrogen (secondary N) is 2. The number of nitrogens with zero attached hydrogens (tertiary/aromatic N) is 1. The van der Waals surface area contributed by atoms with Crippen molar-refractivity contribution in [1.29, 1.82) is 0 Å². The van der Waals surface area contributed by atoms with E-state index in [2.05, 4.69) is 24.5 Å². The maximum atomic E-state index is 14.8. The summed E-state index contributed by atoms with van der Waals surface area (Å²) in [6.07, 6.45) is 0.952. The van der Waals surface area contributed by atoms with Gasteiger partial charge in [-0.3, -0.25) is 9.59 Å². The fraction of sp³-hybridized carbons (Fsp3) is 0.571. The number of benzene rings is 2. The highest BCUT2D eigenvalue weighted by atomic mass is 16.6. The summed E-state index contributed by atoms with van der Waals surface area (Å²) >= 11 is 0. The Hall–Kier alpha value is -3.55. The van der Waals surface area contributed by atoms with Crippen LogP contribution in [0.2, 0.25) is 0 Å². The maximum absolute atomic E-state index is 14.8. The largest absolute Gasteiger partial charge is 0.508 e. The third-order valence-electron chi connectivity index (χ3n) is 7.10. The zero-order valence-corrected chi connectivity index (χ0v) is 28.0. The lowest BCUT2D eigenvalue weighted by Crippen LogP contribution is -2.57. The third kappa shape index (κ3) is 11.2. The Morgan fingerprint density at radius 1 is 0.884 bits per heavy atom. The van der Waals surface area contributed by atoms with Crippen molar-refractivity contribution in [2.24, 2.45) is 5.92 Å². The third-order valence-corrected chi connectivity index (χ3v) is 7.10. The Morgan fingerprint density at radius 2 is 1.44 bits per heavy atom. The van der Waals surface area contributed by atoms with Gasteiger partial charge in [0.05, 0.1) is 0 Å². The van der Waals surface area contributed by atoms with E-state index < -0.39 is 29.3 Å². The van der Waals surface area contributed by atoms with Gasteiger partial charge in [0.15, 0.2) is 0 Å². The zero-order chi connectivity index (χ0) is 32.7. The molecule has 43 heavy (non-hydrogen) atoms. The number of hydrogen-bond acceptors (Lipinski definition) is 5. The molecule has 3 N–H and O–H groups in total. The van der Waals surface area contributed by atoms with Crippen LogP contribution in [-0.4, -0.2) is 51.1 Å².